The maximum absolute atomic E-state index is 12.4. The fourth-order valence-corrected chi connectivity index (χ4v) is 3.07. The molecule has 0 saturated heterocycles. The molecule has 3 aromatic carbocycles. The quantitative estimate of drug-likeness (QED) is 0.519. The molecule has 0 bridgehead atoms. The number of halogens is 3. The number of carbonyl (C=O) groups is 1. The molecule has 0 heterocycles. The number of nitrogens with one attached hydrogen (secondary N) is 1. The highest BCUT2D eigenvalue weighted by Gasteiger charge is 2.13. The SMILES string of the molecule is O=C(NCc1cc(Cl)ccc1OCc1ccccc1)c1cc(Cl)ccc1Cl. The Morgan fingerprint density at radius 2 is 1.59 bits per heavy atom. The Kier molecular flexibility index (Phi) is 6.62. The monoisotopic (exact) mass is 419 g/mol. The van der Waals surface area contributed by atoms with Crippen LogP contribution < -0.4 is 10.1 Å². The fourth-order valence-electron chi connectivity index (χ4n) is 2.50. The third-order valence-electron chi connectivity index (χ3n) is 3.87. The standard InChI is InChI=1S/C21H16Cl3NO2/c22-16-7-9-20(27-13-14-4-2-1-3-5-14)15(10-16)12-25-21(26)18-11-17(23)6-8-19(18)24/h1-11H,12-13H2,(H,25,26). The molecule has 3 nitrogen and oxygen atoms in total. The summed E-state index contributed by atoms with van der Waals surface area (Å²) < 4.78 is 5.90. The molecule has 6 heteroatoms. The molecule has 0 aromatic heterocycles. The van der Waals surface area contributed by atoms with Gasteiger partial charge in [0.05, 0.1) is 10.6 Å². The summed E-state index contributed by atoms with van der Waals surface area (Å²) in [6.07, 6.45) is 0. The molecule has 1 N–H and O–H groups in total. The van der Waals surface area contributed by atoms with Crippen molar-refractivity contribution in [3.05, 3.63) is 98.5 Å². The highest BCUT2D eigenvalue weighted by atomic mass is 35.5. The molecule has 138 valence electrons. The predicted octanol–water partition coefficient (Wildman–Crippen LogP) is 6.16. The zero-order valence-electron chi connectivity index (χ0n) is 14.2. The van der Waals surface area contributed by atoms with Crippen molar-refractivity contribution in [2.24, 2.45) is 0 Å². The van der Waals surface area contributed by atoms with E-state index in [1.54, 1.807) is 30.3 Å². The van der Waals surface area contributed by atoms with E-state index in [2.05, 4.69) is 5.32 Å². The highest BCUT2D eigenvalue weighted by Crippen LogP contribution is 2.25. The lowest BCUT2D eigenvalue weighted by molar-refractivity contribution is 0.0950. The third-order valence-corrected chi connectivity index (χ3v) is 4.67. The Bertz CT molecular complexity index is 945. The van der Waals surface area contributed by atoms with Crippen LogP contribution in [0.5, 0.6) is 5.75 Å². The molecule has 0 fully saturated rings. The minimum Gasteiger partial charge on any atom is -0.489 e. The first-order valence-corrected chi connectivity index (χ1v) is 9.35. The molecular formula is C21H16Cl3NO2. The van der Waals surface area contributed by atoms with E-state index in [9.17, 15) is 4.79 Å². The molecule has 3 aromatic rings. The lowest BCUT2D eigenvalue weighted by Crippen LogP contribution is -2.23. The largest absolute Gasteiger partial charge is 0.489 e. The van der Waals surface area contributed by atoms with Crippen molar-refractivity contribution in [2.75, 3.05) is 0 Å². The average Bonchev–Trinajstić information content (AvgIpc) is 2.68. The number of ether oxygens (including phenoxy) is 1. The molecule has 0 aliphatic carbocycles. The van der Waals surface area contributed by atoms with Gasteiger partial charge in [0.1, 0.15) is 12.4 Å². The fraction of sp³-hybridized carbons (Fsp3) is 0.0952. The molecular weight excluding hydrogens is 405 g/mol. The van der Waals surface area contributed by atoms with Gasteiger partial charge in [0.25, 0.3) is 5.91 Å². The first-order chi connectivity index (χ1) is 13.0. The van der Waals surface area contributed by atoms with Crippen molar-refractivity contribution in [3.63, 3.8) is 0 Å². The van der Waals surface area contributed by atoms with Crippen LogP contribution >= 0.6 is 34.8 Å². The molecule has 0 radical (unpaired) electrons. The van der Waals surface area contributed by atoms with Gasteiger partial charge >= 0.3 is 0 Å². The van der Waals surface area contributed by atoms with Gasteiger partial charge in [0, 0.05) is 22.2 Å². The van der Waals surface area contributed by atoms with Crippen molar-refractivity contribution in [1.82, 2.24) is 5.32 Å². The van der Waals surface area contributed by atoms with E-state index in [-0.39, 0.29) is 12.5 Å². The van der Waals surface area contributed by atoms with Crippen LogP contribution in [0.2, 0.25) is 15.1 Å². The van der Waals surface area contributed by atoms with Crippen LogP contribution in [-0.2, 0) is 13.2 Å². The summed E-state index contributed by atoms with van der Waals surface area (Å²) in [5.41, 5.74) is 2.14. The molecule has 0 aliphatic heterocycles. The maximum atomic E-state index is 12.4. The lowest BCUT2D eigenvalue weighted by atomic mass is 10.1. The Hall–Kier alpha value is -2.20. The highest BCUT2D eigenvalue weighted by molar-refractivity contribution is 6.35. The second-order valence-corrected chi connectivity index (χ2v) is 7.11. The second-order valence-electron chi connectivity index (χ2n) is 5.83. The summed E-state index contributed by atoms with van der Waals surface area (Å²) in [5, 5.41) is 4.17. The molecule has 0 saturated carbocycles. The average molecular weight is 421 g/mol. The maximum Gasteiger partial charge on any atom is 0.253 e. The minimum absolute atomic E-state index is 0.242. The van der Waals surface area contributed by atoms with Gasteiger partial charge in [0.15, 0.2) is 0 Å². The molecule has 0 atom stereocenters. The van der Waals surface area contributed by atoms with Crippen LogP contribution in [0.3, 0.4) is 0 Å². The van der Waals surface area contributed by atoms with Crippen LogP contribution in [0, 0.1) is 0 Å². The molecule has 0 aliphatic rings. The molecule has 0 spiro atoms. The predicted molar refractivity (Wildman–Crippen MR) is 110 cm³/mol. The zero-order chi connectivity index (χ0) is 19.2. The Morgan fingerprint density at radius 1 is 0.889 bits per heavy atom. The molecule has 1 amide bonds. The van der Waals surface area contributed by atoms with Crippen molar-refractivity contribution in [3.8, 4) is 5.75 Å². The van der Waals surface area contributed by atoms with Gasteiger partial charge in [-0.2, -0.15) is 0 Å². The lowest BCUT2D eigenvalue weighted by Gasteiger charge is -2.13. The van der Waals surface area contributed by atoms with E-state index in [4.69, 9.17) is 39.5 Å². The Labute approximate surface area is 172 Å². The first-order valence-electron chi connectivity index (χ1n) is 8.21. The van der Waals surface area contributed by atoms with Crippen molar-refractivity contribution in [1.29, 1.82) is 0 Å². The van der Waals surface area contributed by atoms with Crippen molar-refractivity contribution >= 4 is 40.7 Å². The Morgan fingerprint density at radius 3 is 2.37 bits per heavy atom. The Balaban J connectivity index is 1.71. The number of hydrogen-bond donors (Lipinski definition) is 1. The summed E-state index contributed by atoms with van der Waals surface area (Å²) in [6, 6.07) is 19.9. The van der Waals surface area contributed by atoms with Gasteiger partial charge in [-0.1, -0.05) is 65.1 Å². The summed E-state index contributed by atoms with van der Waals surface area (Å²) in [5.74, 6) is 0.331. The third kappa shape index (κ3) is 5.39. The van der Waals surface area contributed by atoms with Gasteiger partial charge in [0.2, 0.25) is 0 Å². The van der Waals surface area contributed by atoms with E-state index < -0.39 is 0 Å². The zero-order valence-corrected chi connectivity index (χ0v) is 16.5. The smallest absolute Gasteiger partial charge is 0.253 e. The summed E-state index contributed by atoms with van der Waals surface area (Å²) in [7, 11) is 0. The van der Waals surface area contributed by atoms with Crippen LogP contribution in [-0.4, -0.2) is 5.91 Å². The van der Waals surface area contributed by atoms with Crippen LogP contribution in [0.1, 0.15) is 21.5 Å². The van der Waals surface area contributed by atoms with E-state index >= 15 is 0 Å². The number of carbonyl (C=O) groups excluding carboxylic acids is 1. The molecule has 27 heavy (non-hydrogen) atoms. The van der Waals surface area contributed by atoms with Crippen LogP contribution in [0.25, 0.3) is 0 Å². The van der Waals surface area contributed by atoms with Gasteiger partial charge in [-0.3, -0.25) is 4.79 Å². The number of amides is 1. The van der Waals surface area contributed by atoms with Gasteiger partial charge < -0.3 is 10.1 Å². The van der Waals surface area contributed by atoms with Crippen molar-refractivity contribution < 1.29 is 9.53 Å². The van der Waals surface area contributed by atoms with Gasteiger partial charge in [-0.25, -0.2) is 0 Å². The van der Waals surface area contributed by atoms with Crippen LogP contribution in [0.15, 0.2) is 66.7 Å². The second kappa shape index (κ2) is 9.14. The number of hydrogen-bond acceptors (Lipinski definition) is 2. The number of rotatable bonds is 6. The van der Waals surface area contributed by atoms with E-state index in [0.717, 1.165) is 11.1 Å². The summed E-state index contributed by atoms with van der Waals surface area (Å²) in [4.78, 5) is 12.4. The van der Waals surface area contributed by atoms with Crippen LogP contribution in [0.4, 0.5) is 0 Å². The number of benzene rings is 3. The normalized spacial score (nSPS) is 10.5. The first kappa shape index (κ1) is 19.6. The molecule has 3 rings (SSSR count). The summed E-state index contributed by atoms with van der Waals surface area (Å²) >= 11 is 18.1. The van der Waals surface area contributed by atoms with Gasteiger partial charge in [-0.05, 0) is 42.0 Å². The topological polar surface area (TPSA) is 38.3 Å². The van der Waals surface area contributed by atoms with E-state index in [1.165, 1.54) is 6.07 Å². The van der Waals surface area contributed by atoms with E-state index in [0.29, 0.717) is 33.0 Å². The van der Waals surface area contributed by atoms with Crippen molar-refractivity contribution in [2.45, 2.75) is 13.2 Å². The summed E-state index contributed by atoms with van der Waals surface area (Å²) in [6.45, 7) is 0.663. The minimum atomic E-state index is -0.323. The van der Waals surface area contributed by atoms with E-state index in [1.807, 2.05) is 30.3 Å². The van der Waals surface area contributed by atoms with Gasteiger partial charge in [-0.15, -0.1) is 0 Å². The molecule has 0 unspecified atom stereocenters.